The summed E-state index contributed by atoms with van der Waals surface area (Å²) in [6, 6.07) is 7.32. The number of aryl methyl sites for hydroxylation is 1. The molecule has 4 nitrogen and oxygen atoms in total. The van der Waals surface area contributed by atoms with Gasteiger partial charge >= 0.3 is 0 Å². The summed E-state index contributed by atoms with van der Waals surface area (Å²) in [6.45, 7) is 3.77. The maximum atomic E-state index is 9.04. The molecule has 1 heterocycles. The van der Waals surface area contributed by atoms with E-state index in [-0.39, 0.29) is 6.10 Å². The summed E-state index contributed by atoms with van der Waals surface area (Å²) >= 11 is 0. The summed E-state index contributed by atoms with van der Waals surface area (Å²) in [4.78, 5) is 0. The highest BCUT2D eigenvalue weighted by Crippen LogP contribution is 2.33. The number of nitriles is 2. The number of ether oxygens (including phenoxy) is 1. The fourth-order valence-corrected chi connectivity index (χ4v) is 2.09. The molecule has 4 heteroatoms. The number of furan rings is 1. The van der Waals surface area contributed by atoms with Crippen LogP contribution in [0.2, 0.25) is 0 Å². The van der Waals surface area contributed by atoms with Gasteiger partial charge in [0.15, 0.2) is 0 Å². The first kappa shape index (κ1) is 12.2. The van der Waals surface area contributed by atoms with Gasteiger partial charge in [-0.05, 0) is 19.9 Å². The van der Waals surface area contributed by atoms with Crippen LogP contribution in [0.5, 0.6) is 0 Å². The second-order valence-electron chi connectivity index (χ2n) is 4.07. The first-order valence-electron chi connectivity index (χ1n) is 5.52. The monoisotopic (exact) mass is 240 g/mol. The Balaban J connectivity index is 2.80. The lowest BCUT2D eigenvalue weighted by Gasteiger charge is -2.08. The van der Waals surface area contributed by atoms with E-state index in [0.29, 0.717) is 16.7 Å². The van der Waals surface area contributed by atoms with Crippen molar-refractivity contribution in [1.29, 1.82) is 10.5 Å². The van der Waals surface area contributed by atoms with Gasteiger partial charge in [0.25, 0.3) is 0 Å². The second-order valence-corrected chi connectivity index (χ2v) is 4.07. The van der Waals surface area contributed by atoms with Crippen molar-refractivity contribution in [2.45, 2.75) is 20.0 Å². The number of hydrogen-bond donors (Lipinski definition) is 0. The molecular formula is C14H12N2O2. The van der Waals surface area contributed by atoms with E-state index in [9.17, 15) is 0 Å². The van der Waals surface area contributed by atoms with E-state index < -0.39 is 0 Å². The van der Waals surface area contributed by atoms with Gasteiger partial charge < -0.3 is 9.15 Å². The molecule has 2 aromatic rings. The number of fused-ring (bicyclic) bond motifs is 1. The molecule has 1 unspecified atom stereocenters. The van der Waals surface area contributed by atoms with Gasteiger partial charge in [-0.25, -0.2) is 0 Å². The molecule has 0 N–H and O–H groups in total. The SMILES string of the molecule is COC(C)c1c(C)oc2cc(C#N)c(C#N)cc12. The van der Waals surface area contributed by atoms with Crippen LogP contribution in [-0.4, -0.2) is 7.11 Å². The molecule has 0 amide bonds. The Morgan fingerprint density at radius 2 is 1.83 bits per heavy atom. The summed E-state index contributed by atoms with van der Waals surface area (Å²) in [5.74, 6) is 0.748. The van der Waals surface area contributed by atoms with Crippen LogP contribution in [0.1, 0.15) is 35.5 Å². The molecule has 0 aliphatic carbocycles. The van der Waals surface area contributed by atoms with Crippen molar-refractivity contribution in [2.24, 2.45) is 0 Å². The zero-order chi connectivity index (χ0) is 13.3. The number of methoxy groups -OCH3 is 1. The van der Waals surface area contributed by atoms with Crippen LogP contribution in [0.3, 0.4) is 0 Å². The molecule has 1 atom stereocenters. The highest BCUT2D eigenvalue weighted by Gasteiger charge is 2.18. The van der Waals surface area contributed by atoms with Gasteiger partial charge in [-0.15, -0.1) is 0 Å². The molecule has 0 aliphatic heterocycles. The van der Waals surface area contributed by atoms with Gasteiger partial charge in [0.1, 0.15) is 23.5 Å². The Labute approximate surface area is 105 Å². The minimum Gasteiger partial charge on any atom is -0.461 e. The minimum atomic E-state index is -0.120. The Morgan fingerprint density at radius 3 is 2.39 bits per heavy atom. The zero-order valence-corrected chi connectivity index (χ0v) is 10.4. The second kappa shape index (κ2) is 4.52. The lowest BCUT2D eigenvalue weighted by Crippen LogP contribution is -1.96. The van der Waals surface area contributed by atoms with Crippen LogP contribution in [0.4, 0.5) is 0 Å². The number of rotatable bonds is 2. The predicted octanol–water partition coefficient (Wildman–Crippen LogP) is 3.19. The van der Waals surface area contributed by atoms with Crippen LogP contribution in [-0.2, 0) is 4.74 Å². The molecule has 0 saturated heterocycles. The third kappa shape index (κ3) is 1.73. The van der Waals surface area contributed by atoms with Crippen molar-refractivity contribution in [1.82, 2.24) is 0 Å². The number of benzene rings is 1. The van der Waals surface area contributed by atoms with Crippen LogP contribution in [0, 0.1) is 29.6 Å². The lowest BCUT2D eigenvalue weighted by molar-refractivity contribution is 0.119. The summed E-state index contributed by atoms with van der Waals surface area (Å²) in [5, 5.41) is 18.8. The van der Waals surface area contributed by atoms with E-state index in [1.54, 1.807) is 19.2 Å². The third-order valence-corrected chi connectivity index (χ3v) is 3.05. The Kier molecular flexibility index (Phi) is 3.06. The van der Waals surface area contributed by atoms with Crippen molar-refractivity contribution in [3.8, 4) is 12.1 Å². The molecule has 18 heavy (non-hydrogen) atoms. The molecule has 0 fully saturated rings. The van der Waals surface area contributed by atoms with Gasteiger partial charge in [0.05, 0.1) is 17.2 Å². The van der Waals surface area contributed by atoms with E-state index in [4.69, 9.17) is 19.7 Å². The molecule has 0 bridgehead atoms. The predicted molar refractivity (Wildman–Crippen MR) is 65.8 cm³/mol. The van der Waals surface area contributed by atoms with Gasteiger partial charge in [-0.3, -0.25) is 0 Å². The zero-order valence-electron chi connectivity index (χ0n) is 10.4. The van der Waals surface area contributed by atoms with Crippen molar-refractivity contribution in [3.05, 3.63) is 34.6 Å². The van der Waals surface area contributed by atoms with Gasteiger partial charge in [-0.1, -0.05) is 0 Å². The molecule has 90 valence electrons. The average molecular weight is 240 g/mol. The quantitative estimate of drug-likeness (QED) is 0.808. The van der Waals surface area contributed by atoms with E-state index >= 15 is 0 Å². The highest BCUT2D eigenvalue weighted by molar-refractivity contribution is 5.85. The number of hydrogen-bond acceptors (Lipinski definition) is 4. The topological polar surface area (TPSA) is 69.9 Å². The fourth-order valence-electron chi connectivity index (χ4n) is 2.09. The van der Waals surface area contributed by atoms with Crippen molar-refractivity contribution in [2.75, 3.05) is 7.11 Å². The Hall–Kier alpha value is -2.30. The van der Waals surface area contributed by atoms with Crippen molar-refractivity contribution < 1.29 is 9.15 Å². The van der Waals surface area contributed by atoms with Crippen molar-refractivity contribution in [3.63, 3.8) is 0 Å². The van der Waals surface area contributed by atoms with Crippen molar-refractivity contribution >= 4 is 11.0 Å². The Bertz CT molecular complexity index is 686. The molecule has 0 spiro atoms. The van der Waals surface area contributed by atoms with E-state index in [0.717, 1.165) is 16.7 Å². The maximum absolute atomic E-state index is 9.04. The molecule has 1 aromatic heterocycles. The largest absolute Gasteiger partial charge is 0.461 e. The van der Waals surface area contributed by atoms with Crippen LogP contribution in [0.15, 0.2) is 16.5 Å². The van der Waals surface area contributed by atoms with E-state index in [1.807, 2.05) is 26.0 Å². The molecule has 1 aromatic carbocycles. The Morgan fingerprint density at radius 1 is 1.22 bits per heavy atom. The first-order chi connectivity index (χ1) is 8.62. The average Bonchev–Trinajstić information content (AvgIpc) is 2.71. The third-order valence-electron chi connectivity index (χ3n) is 3.05. The van der Waals surface area contributed by atoms with E-state index in [2.05, 4.69) is 0 Å². The van der Waals surface area contributed by atoms with Crippen LogP contribution >= 0.6 is 0 Å². The molecular weight excluding hydrogens is 228 g/mol. The maximum Gasteiger partial charge on any atom is 0.136 e. The smallest absolute Gasteiger partial charge is 0.136 e. The lowest BCUT2D eigenvalue weighted by atomic mass is 10.0. The summed E-state index contributed by atoms with van der Waals surface area (Å²) in [6.07, 6.45) is -0.120. The number of nitrogens with zero attached hydrogens (tertiary/aromatic N) is 2. The molecule has 0 aliphatic rings. The molecule has 0 saturated carbocycles. The highest BCUT2D eigenvalue weighted by atomic mass is 16.5. The summed E-state index contributed by atoms with van der Waals surface area (Å²) in [7, 11) is 1.62. The normalized spacial score (nSPS) is 12.1. The van der Waals surface area contributed by atoms with Gasteiger partial charge in [0, 0.05) is 24.1 Å². The molecule has 2 rings (SSSR count). The first-order valence-corrected chi connectivity index (χ1v) is 5.52. The molecule has 0 radical (unpaired) electrons. The van der Waals surface area contributed by atoms with Crippen LogP contribution in [0.25, 0.3) is 11.0 Å². The van der Waals surface area contributed by atoms with Gasteiger partial charge in [0.2, 0.25) is 0 Å². The summed E-state index contributed by atoms with van der Waals surface area (Å²) < 4.78 is 10.9. The van der Waals surface area contributed by atoms with E-state index in [1.165, 1.54) is 0 Å². The standard InChI is InChI=1S/C14H12N2O2/c1-8(17-3)14-9(2)18-13-5-11(7-16)10(6-15)4-12(13)14/h4-5,8H,1-3H3. The fraction of sp³-hybridized carbons (Fsp3) is 0.286. The van der Waals surface area contributed by atoms with Gasteiger partial charge in [-0.2, -0.15) is 10.5 Å². The minimum absolute atomic E-state index is 0.120. The van der Waals surface area contributed by atoms with Crippen LogP contribution < -0.4 is 0 Å². The summed E-state index contributed by atoms with van der Waals surface area (Å²) in [5.41, 5.74) is 2.22.